The van der Waals surface area contributed by atoms with Crippen LogP contribution in [-0.4, -0.2) is 28.3 Å². The van der Waals surface area contributed by atoms with E-state index in [9.17, 15) is 9.59 Å². The van der Waals surface area contributed by atoms with Crippen molar-refractivity contribution in [3.63, 3.8) is 0 Å². The first-order valence-electron chi connectivity index (χ1n) is 9.08. The summed E-state index contributed by atoms with van der Waals surface area (Å²) in [7, 11) is 0. The monoisotopic (exact) mass is 362 g/mol. The van der Waals surface area contributed by atoms with Crippen molar-refractivity contribution in [3.8, 4) is 0 Å². The number of nitrogens with zero attached hydrogens (tertiary/aromatic N) is 2. The molecule has 0 atom stereocenters. The molecule has 0 aliphatic carbocycles. The molecule has 1 aromatic carbocycles. The molecule has 2 aromatic heterocycles. The Morgan fingerprint density at radius 1 is 0.963 bits per heavy atom. The lowest BCUT2D eigenvalue weighted by Crippen LogP contribution is -2.26. The number of nitrogens with one attached hydrogen (secondary N) is 2. The van der Waals surface area contributed by atoms with Crippen molar-refractivity contribution < 1.29 is 9.59 Å². The van der Waals surface area contributed by atoms with Crippen molar-refractivity contribution in [1.29, 1.82) is 0 Å². The van der Waals surface area contributed by atoms with Crippen LogP contribution in [-0.2, 0) is 0 Å². The number of aromatic nitrogens is 2. The molecule has 2 heterocycles. The summed E-state index contributed by atoms with van der Waals surface area (Å²) in [6, 6.07) is 12.5. The zero-order chi connectivity index (χ0) is 19.1. The second-order valence-corrected chi connectivity index (χ2v) is 6.23. The van der Waals surface area contributed by atoms with Gasteiger partial charge < -0.3 is 10.6 Å². The summed E-state index contributed by atoms with van der Waals surface area (Å²) in [5.41, 5.74) is 1.95. The summed E-state index contributed by atoms with van der Waals surface area (Å²) in [6.45, 7) is 2.71. The molecule has 3 rings (SSSR count). The highest BCUT2D eigenvalue weighted by atomic mass is 16.2. The molecule has 138 valence electrons. The fourth-order valence-corrected chi connectivity index (χ4v) is 2.76. The average Bonchev–Trinajstić information content (AvgIpc) is 2.71. The second kappa shape index (κ2) is 8.89. The normalized spacial score (nSPS) is 10.6. The van der Waals surface area contributed by atoms with Gasteiger partial charge in [-0.25, -0.2) is 0 Å². The molecule has 6 nitrogen and oxygen atoms in total. The smallest absolute Gasteiger partial charge is 0.269 e. The molecule has 0 saturated carbocycles. The third-order valence-electron chi connectivity index (χ3n) is 4.20. The van der Waals surface area contributed by atoms with Gasteiger partial charge in [-0.1, -0.05) is 38.0 Å². The van der Waals surface area contributed by atoms with Crippen LogP contribution in [0.3, 0.4) is 0 Å². The largest absolute Gasteiger partial charge is 0.351 e. The van der Waals surface area contributed by atoms with E-state index in [0.29, 0.717) is 17.8 Å². The Labute approximate surface area is 158 Å². The van der Waals surface area contributed by atoms with Crippen LogP contribution in [0.2, 0.25) is 0 Å². The summed E-state index contributed by atoms with van der Waals surface area (Å²) < 4.78 is 0. The highest BCUT2D eigenvalue weighted by Crippen LogP contribution is 2.21. The standard InChI is InChI=1S/C21H22N4O2/c1-2-3-4-11-24-21(27)18-14-16(10-13-22-18)20(26)25-17-9-5-7-15-8-6-12-23-19(15)17/h5-10,12-14H,2-4,11H2,1H3,(H,24,27)(H,25,26). The van der Waals surface area contributed by atoms with E-state index in [1.165, 1.54) is 12.3 Å². The van der Waals surface area contributed by atoms with Gasteiger partial charge in [-0.3, -0.25) is 19.6 Å². The molecular formula is C21H22N4O2. The van der Waals surface area contributed by atoms with Gasteiger partial charge in [-0.15, -0.1) is 0 Å². The van der Waals surface area contributed by atoms with Gasteiger partial charge >= 0.3 is 0 Å². The molecule has 3 aromatic rings. The Hall–Kier alpha value is -3.28. The molecule has 0 aliphatic rings. The molecule has 0 spiro atoms. The molecule has 0 unspecified atom stereocenters. The van der Waals surface area contributed by atoms with Crippen LogP contribution in [0.25, 0.3) is 10.9 Å². The van der Waals surface area contributed by atoms with Crippen LogP contribution in [0, 0.1) is 0 Å². The van der Waals surface area contributed by atoms with Crippen LogP contribution in [0.5, 0.6) is 0 Å². The minimum atomic E-state index is -0.310. The minimum Gasteiger partial charge on any atom is -0.351 e. The molecule has 0 radical (unpaired) electrons. The number of pyridine rings is 2. The van der Waals surface area contributed by atoms with Gasteiger partial charge in [0.2, 0.25) is 0 Å². The zero-order valence-corrected chi connectivity index (χ0v) is 15.2. The number of amides is 2. The van der Waals surface area contributed by atoms with Gasteiger partial charge in [0.05, 0.1) is 11.2 Å². The molecule has 0 fully saturated rings. The number of anilines is 1. The van der Waals surface area contributed by atoms with Crippen LogP contribution in [0.4, 0.5) is 5.69 Å². The number of hydrogen-bond donors (Lipinski definition) is 2. The van der Waals surface area contributed by atoms with E-state index in [-0.39, 0.29) is 17.5 Å². The molecule has 0 aliphatic heterocycles. The lowest BCUT2D eigenvalue weighted by atomic mass is 10.1. The van der Waals surface area contributed by atoms with Gasteiger partial charge in [0.1, 0.15) is 5.69 Å². The second-order valence-electron chi connectivity index (χ2n) is 6.23. The number of para-hydroxylation sites is 1. The molecule has 6 heteroatoms. The number of carbonyl (C=O) groups excluding carboxylic acids is 2. The van der Waals surface area contributed by atoms with Crippen LogP contribution < -0.4 is 10.6 Å². The maximum Gasteiger partial charge on any atom is 0.269 e. The van der Waals surface area contributed by atoms with Gasteiger partial charge in [-0.05, 0) is 30.7 Å². The topological polar surface area (TPSA) is 84.0 Å². The summed E-state index contributed by atoms with van der Waals surface area (Å²) in [6.07, 6.45) is 6.24. The Kier molecular flexibility index (Phi) is 6.10. The Bertz CT molecular complexity index is 950. The van der Waals surface area contributed by atoms with E-state index in [0.717, 1.165) is 30.2 Å². The number of unbranched alkanes of at least 4 members (excludes halogenated alkanes) is 2. The van der Waals surface area contributed by atoms with Gasteiger partial charge in [0.15, 0.2) is 0 Å². The van der Waals surface area contributed by atoms with Gasteiger partial charge in [0, 0.05) is 29.9 Å². The first-order chi connectivity index (χ1) is 13.2. The Morgan fingerprint density at radius 3 is 2.67 bits per heavy atom. The summed E-state index contributed by atoms with van der Waals surface area (Å²) in [4.78, 5) is 33.2. The van der Waals surface area contributed by atoms with Gasteiger partial charge in [-0.2, -0.15) is 0 Å². The molecule has 27 heavy (non-hydrogen) atoms. The maximum atomic E-state index is 12.6. The van der Waals surface area contributed by atoms with Crippen molar-refractivity contribution in [2.24, 2.45) is 0 Å². The van der Waals surface area contributed by atoms with E-state index in [4.69, 9.17) is 0 Å². The summed E-state index contributed by atoms with van der Waals surface area (Å²) in [5, 5.41) is 6.64. The molecule has 0 saturated heterocycles. The summed E-state index contributed by atoms with van der Waals surface area (Å²) >= 11 is 0. The van der Waals surface area contributed by atoms with E-state index >= 15 is 0 Å². The molecule has 0 bridgehead atoms. The number of carbonyl (C=O) groups is 2. The van der Waals surface area contributed by atoms with Crippen molar-refractivity contribution >= 4 is 28.4 Å². The van der Waals surface area contributed by atoms with E-state index < -0.39 is 0 Å². The number of rotatable bonds is 7. The van der Waals surface area contributed by atoms with E-state index in [1.807, 2.05) is 24.3 Å². The quantitative estimate of drug-likeness (QED) is 0.626. The van der Waals surface area contributed by atoms with Crippen LogP contribution >= 0.6 is 0 Å². The predicted molar refractivity (Wildman–Crippen MR) is 106 cm³/mol. The van der Waals surface area contributed by atoms with Crippen molar-refractivity contribution in [1.82, 2.24) is 15.3 Å². The van der Waals surface area contributed by atoms with E-state index in [1.54, 1.807) is 18.3 Å². The first-order valence-corrected chi connectivity index (χ1v) is 9.08. The van der Waals surface area contributed by atoms with Crippen molar-refractivity contribution in [2.45, 2.75) is 26.2 Å². The first kappa shape index (κ1) is 18.5. The van der Waals surface area contributed by atoms with Crippen LogP contribution in [0.15, 0.2) is 54.9 Å². The molecule has 2 amide bonds. The maximum absolute atomic E-state index is 12.6. The zero-order valence-electron chi connectivity index (χ0n) is 15.2. The van der Waals surface area contributed by atoms with Crippen molar-refractivity contribution in [2.75, 3.05) is 11.9 Å². The van der Waals surface area contributed by atoms with E-state index in [2.05, 4.69) is 27.5 Å². The lowest BCUT2D eigenvalue weighted by Gasteiger charge is -2.09. The Morgan fingerprint density at radius 2 is 1.81 bits per heavy atom. The predicted octanol–water partition coefficient (Wildman–Crippen LogP) is 3.80. The van der Waals surface area contributed by atoms with Crippen LogP contribution in [0.1, 0.15) is 47.0 Å². The number of benzene rings is 1. The minimum absolute atomic E-state index is 0.232. The molecule has 2 N–H and O–H groups in total. The Balaban J connectivity index is 1.72. The average molecular weight is 362 g/mol. The summed E-state index contributed by atoms with van der Waals surface area (Å²) in [5.74, 6) is -0.580. The lowest BCUT2D eigenvalue weighted by molar-refractivity contribution is 0.0948. The fourth-order valence-electron chi connectivity index (χ4n) is 2.76. The SMILES string of the molecule is CCCCCNC(=O)c1cc(C(=O)Nc2cccc3cccnc23)ccn1. The van der Waals surface area contributed by atoms with Gasteiger partial charge in [0.25, 0.3) is 11.8 Å². The van der Waals surface area contributed by atoms with Crippen molar-refractivity contribution in [3.05, 3.63) is 66.1 Å². The highest BCUT2D eigenvalue weighted by Gasteiger charge is 2.13. The number of hydrogen-bond acceptors (Lipinski definition) is 4. The molecular weight excluding hydrogens is 340 g/mol. The third-order valence-corrected chi connectivity index (χ3v) is 4.20. The third kappa shape index (κ3) is 4.67. The number of fused-ring (bicyclic) bond motifs is 1. The fraction of sp³-hybridized carbons (Fsp3) is 0.238. The highest BCUT2D eigenvalue weighted by molar-refractivity contribution is 6.09.